The number of furan rings is 1. The first-order valence-electron chi connectivity index (χ1n) is 12.7. The molecule has 0 N–H and O–H groups in total. The Morgan fingerprint density at radius 2 is 1.16 bits per heavy atom. The van der Waals surface area contributed by atoms with E-state index >= 15 is 0 Å². The average molecular weight is 488 g/mol. The van der Waals surface area contributed by atoms with E-state index < -0.39 is 0 Å². The van der Waals surface area contributed by atoms with E-state index in [2.05, 4.69) is 77.4 Å². The summed E-state index contributed by atoms with van der Waals surface area (Å²) in [6, 6.07) is 43.7. The molecule has 8 rings (SSSR count). The summed E-state index contributed by atoms with van der Waals surface area (Å²) < 4.78 is 9.00. The van der Waals surface area contributed by atoms with Crippen LogP contribution in [0, 0.1) is 0 Å². The van der Waals surface area contributed by atoms with Gasteiger partial charge in [-0.3, -0.25) is 0 Å². The maximum atomic E-state index is 6.71. The molecule has 0 spiro atoms. The molecule has 0 aliphatic carbocycles. The summed E-state index contributed by atoms with van der Waals surface area (Å²) in [5.41, 5.74) is 7.52. The number of fused-ring (bicyclic) bond motifs is 7. The second-order valence-electron chi connectivity index (χ2n) is 9.44. The molecule has 0 aliphatic heterocycles. The van der Waals surface area contributed by atoms with Crippen molar-refractivity contribution in [2.45, 2.75) is 0 Å². The van der Waals surface area contributed by atoms with E-state index in [1.54, 1.807) is 0 Å². The Bertz CT molecular complexity index is 2110. The molecule has 3 heterocycles. The van der Waals surface area contributed by atoms with Crippen LogP contribution in [-0.2, 0) is 0 Å². The van der Waals surface area contributed by atoms with E-state index in [4.69, 9.17) is 14.4 Å². The zero-order valence-electron chi connectivity index (χ0n) is 20.4. The largest absolute Gasteiger partial charge is 0.435 e. The van der Waals surface area contributed by atoms with Gasteiger partial charge in [0.25, 0.3) is 0 Å². The quantitative estimate of drug-likeness (QED) is 0.250. The second kappa shape index (κ2) is 8.15. The van der Waals surface area contributed by atoms with E-state index in [0.29, 0.717) is 11.5 Å². The molecule has 0 atom stereocenters. The van der Waals surface area contributed by atoms with E-state index in [-0.39, 0.29) is 0 Å². The summed E-state index contributed by atoms with van der Waals surface area (Å²) in [4.78, 5) is 10.0. The van der Waals surface area contributed by atoms with Crippen molar-refractivity contribution in [3.8, 4) is 28.3 Å². The molecular formula is C34H21N3O. The molecule has 0 aliphatic rings. The molecule has 0 amide bonds. The van der Waals surface area contributed by atoms with Crippen molar-refractivity contribution in [2.75, 3.05) is 0 Å². The van der Waals surface area contributed by atoms with Crippen LogP contribution in [0.15, 0.2) is 132 Å². The van der Waals surface area contributed by atoms with Crippen LogP contribution in [-0.4, -0.2) is 14.5 Å². The van der Waals surface area contributed by atoms with Crippen molar-refractivity contribution in [1.82, 2.24) is 14.5 Å². The van der Waals surface area contributed by atoms with Gasteiger partial charge in [0.1, 0.15) is 0 Å². The SMILES string of the molecule is c1ccc(-c2nc(-c3ccccc3)c3c(n2)oc2c3ccc3c4ccccc4n(-c4ccccc4)c32)cc1. The molecule has 8 aromatic rings. The first kappa shape index (κ1) is 20.9. The number of aromatic nitrogens is 3. The molecule has 0 unspecified atom stereocenters. The van der Waals surface area contributed by atoms with E-state index in [1.807, 2.05) is 54.6 Å². The fraction of sp³-hybridized carbons (Fsp3) is 0. The highest BCUT2D eigenvalue weighted by Crippen LogP contribution is 2.42. The number of hydrogen-bond donors (Lipinski definition) is 0. The molecule has 4 heteroatoms. The molecule has 0 saturated carbocycles. The van der Waals surface area contributed by atoms with Crippen LogP contribution in [0.25, 0.3) is 72.2 Å². The van der Waals surface area contributed by atoms with Gasteiger partial charge in [0.15, 0.2) is 11.4 Å². The molecule has 38 heavy (non-hydrogen) atoms. The molecule has 5 aromatic carbocycles. The predicted molar refractivity (Wildman–Crippen MR) is 155 cm³/mol. The molecule has 4 nitrogen and oxygen atoms in total. The minimum atomic E-state index is 0.588. The average Bonchev–Trinajstić information content (AvgIpc) is 3.54. The van der Waals surface area contributed by atoms with Crippen LogP contribution in [0.3, 0.4) is 0 Å². The minimum absolute atomic E-state index is 0.588. The van der Waals surface area contributed by atoms with Crippen LogP contribution in [0.5, 0.6) is 0 Å². The van der Waals surface area contributed by atoms with Crippen LogP contribution in [0.4, 0.5) is 0 Å². The van der Waals surface area contributed by atoms with Gasteiger partial charge in [-0.15, -0.1) is 0 Å². The monoisotopic (exact) mass is 487 g/mol. The summed E-state index contributed by atoms with van der Waals surface area (Å²) in [6.45, 7) is 0. The Morgan fingerprint density at radius 1 is 0.526 bits per heavy atom. The predicted octanol–water partition coefficient (Wildman–Crippen LogP) is 8.81. The third kappa shape index (κ3) is 3.04. The highest BCUT2D eigenvalue weighted by Gasteiger charge is 2.22. The second-order valence-corrected chi connectivity index (χ2v) is 9.44. The lowest BCUT2D eigenvalue weighted by atomic mass is 10.0. The van der Waals surface area contributed by atoms with Crippen LogP contribution >= 0.6 is 0 Å². The van der Waals surface area contributed by atoms with Gasteiger partial charge in [-0.25, -0.2) is 4.98 Å². The van der Waals surface area contributed by atoms with Crippen molar-refractivity contribution in [3.63, 3.8) is 0 Å². The summed E-state index contributed by atoms with van der Waals surface area (Å²) in [5.74, 6) is 0.649. The molecule has 0 bridgehead atoms. The fourth-order valence-electron chi connectivity index (χ4n) is 5.55. The maximum Gasteiger partial charge on any atom is 0.231 e. The molecular weight excluding hydrogens is 466 g/mol. The molecule has 0 saturated heterocycles. The van der Waals surface area contributed by atoms with Gasteiger partial charge in [-0.2, -0.15) is 4.98 Å². The van der Waals surface area contributed by atoms with Crippen LogP contribution in [0.2, 0.25) is 0 Å². The highest BCUT2D eigenvalue weighted by molar-refractivity contribution is 6.22. The molecule has 178 valence electrons. The lowest BCUT2D eigenvalue weighted by Crippen LogP contribution is -1.93. The first-order chi connectivity index (χ1) is 18.9. The Morgan fingerprint density at radius 3 is 1.92 bits per heavy atom. The number of hydrogen-bond acceptors (Lipinski definition) is 3. The van der Waals surface area contributed by atoms with Crippen molar-refractivity contribution < 1.29 is 4.42 Å². The van der Waals surface area contributed by atoms with E-state index in [9.17, 15) is 0 Å². The number of rotatable bonds is 3. The Hall–Kier alpha value is -5.22. The topological polar surface area (TPSA) is 43.9 Å². The van der Waals surface area contributed by atoms with E-state index in [1.165, 1.54) is 5.39 Å². The van der Waals surface area contributed by atoms with Crippen molar-refractivity contribution in [1.29, 1.82) is 0 Å². The zero-order chi connectivity index (χ0) is 25.1. The third-order valence-electron chi connectivity index (χ3n) is 7.23. The van der Waals surface area contributed by atoms with Crippen molar-refractivity contribution in [3.05, 3.63) is 127 Å². The molecule has 3 aromatic heterocycles. The number of nitrogens with zero attached hydrogens (tertiary/aromatic N) is 3. The third-order valence-corrected chi connectivity index (χ3v) is 7.23. The van der Waals surface area contributed by atoms with Gasteiger partial charge in [0.05, 0.1) is 22.1 Å². The van der Waals surface area contributed by atoms with Gasteiger partial charge >= 0.3 is 0 Å². The normalized spacial score (nSPS) is 11.7. The lowest BCUT2D eigenvalue weighted by molar-refractivity contribution is 0.655. The Balaban J connectivity index is 1.55. The zero-order valence-corrected chi connectivity index (χ0v) is 20.4. The van der Waals surface area contributed by atoms with Gasteiger partial charge in [0.2, 0.25) is 5.71 Å². The van der Waals surface area contributed by atoms with Gasteiger partial charge in [-0.1, -0.05) is 103 Å². The van der Waals surface area contributed by atoms with Gasteiger partial charge < -0.3 is 8.98 Å². The standard InChI is InChI=1S/C34H21N3O/c1-4-12-22(13-5-1)30-29-27-21-20-26-25-18-10-11-19-28(25)37(24-16-8-3-9-17-24)31(26)32(27)38-34(29)36-33(35-30)23-14-6-2-7-15-23/h1-21H. The first-order valence-corrected chi connectivity index (χ1v) is 12.7. The number of para-hydroxylation sites is 2. The van der Waals surface area contributed by atoms with E-state index in [0.717, 1.165) is 55.3 Å². The maximum absolute atomic E-state index is 6.71. The fourth-order valence-corrected chi connectivity index (χ4v) is 5.55. The lowest BCUT2D eigenvalue weighted by Gasteiger charge is -2.07. The summed E-state index contributed by atoms with van der Waals surface area (Å²) in [6.07, 6.45) is 0. The highest BCUT2D eigenvalue weighted by atomic mass is 16.3. The van der Waals surface area contributed by atoms with Crippen molar-refractivity contribution in [2.24, 2.45) is 0 Å². The molecule has 0 radical (unpaired) electrons. The summed E-state index contributed by atoms with van der Waals surface area (Å²) in [5, 5.41) is 4.27. The van der Waals surface area contributed by atoms with Gasteiger partial charge in [0, 0.05) is 33.0 Å². The van der Waals surface area contributed by atoms with Crippen LogP contribution < -0.4 is 0 Å². The summed E-state index contributed by atoms with van der Waals surface area (Å²) >= 11 is 0. The number of benzene rings is 5. The Labute approximate surface area is 218 Å². The minimum Gasteiger partial charge on any atom is -0.435 e. The molecule has 0 fully saturated rings. The smallest absolute Gasteiger partial charge is 0.231 e. The Kier molecular flexibility index (Phi) is 4.49. The summed E-state index contributed by atoms with van der Waals surface area (Å²) in [7, 11) is 0. The van der Waals surface area contributed by atoms with Gasteiger partial charge in [-0.05, 0) is 24.3 Å². The van der Waals surface area contributed by atoms with Crippen LogP contribution in [0.1, 0.15) is 0 Å². The van der Waals surface area contributed by atoms with Crippen molar-refractivity contribution >= 4 is 43.9 Å².